The van der Waals surface area contributed by atoms with Crippen LogP contribution < -0.4 is 11.2 Å². The minimum Gasteiger partial charge on any atom is -0.465 e. The number of rotatable bonds is 5. The number of esters is 1. The van der Waals surface area contributed by atoms with Crippen LogP contribution in [0.2, 0.25) is 5.02 Å². The van der Waals surface area contributed by atoms with E-state index in [0.29, 0.717) is 16.3 Å². The van der Waals surface area contributed by atoms with Crippen molar-refractivity contribution in [2.45, 2.75) is 20.0 Å². The van der Waals surface area contributed by atoms with E-state index in [0.717, 1.165) is 10.1 Å². The van der Waals surface area contributed by atoms with Gasteiger partial charge in [0.2, 0.25) is 0 Å². The van der Waals surface area contributed by atoms with Gasteiger partial charge in [-0.3, -0.25) is 9.36 Å². The standard InChI is InChI=1S/C22H19ClN4O4/c1-3-26-20(28)18-19(27(22(26)30)17-10-5-4-9-16(17)23)24-13-25(18)12-14-7-6-8-15(11-14)21(29)31-2/h4-11,13H,3,12H2,1-2H3. The monoisotopic (exact) mass is 438 g/mol. The van der Waals surface area contributed by atoms with Gasteiger partial charge in [0, 0.05) is 13.1 Å². The van der Waals surface area contributed by atoms with Crippen LogP contribution in [0.5, 0.6) is 0 Å². The number of ether oxygens (including phenoxy) is 1. The van der Waals surface area contributed by atoms with Gasteiger partial charge in [-0.25, -0.2) is 19.1 Å². The minimum absolute atomic E-state index is 0.196. The minimum atomic E-state index is -0.508. The van der Waals surface area contributed by atoms with Crippen molar-refractivity contribution in [2.24, 2.45) is 0 Å². The van der Waals surface area contributed by atoms with E-state index in [-0.39, 0.29) is 24.3 Å². The van der Waals surface area contributed by atoms with Crippen LogP contribution >= 0.6 is 11.6 Å². The first-order chi connectivity index (χ1) is 15.0. The van der Waals surface area contributed by atoms with Gasteiger partial charge < -0.3 is 9.30 Å². The molecule has 0 spiro atoms. The number of hydrogen-bond donors (Lipinski definition) is 0. The lowest BCUT2D eigenvalue weighted by atomic mass is 10.1. The highest BCUT2D eigenvalue weighted by Crippen LogP contribution is 2.21. The Balaban J connectivity index is 1.93. The van der Waals surface area contributed by atoms with Crippen molar-refractivity contribution in [3.05, 3.63) is 91.8 Å². The molecule has 0 amide bonds. The fourth-order valence-corrected chi connectivity index (χ4v) is 3.76. The number of aromatic nitrogens is 4. The van der Waals surface area contributed by atoms with Crippen molar-refractivity contribution in [2.75, 3.05) is 7.11 Å². The summed E-state index contributed by atoms with van der Waals surface area (Å²) in [5.74, 6) is -0.446. The van der Waals surface area contributed by atoms with Gasteiger partial charge in [0.25, 0.3) is 5.56 Å². The SMILES string of the molecule is CCn1c(=O)c2c(ncn2Cc2cccc(C(=O)OC)c2)n(-c2ccccc2Cl)c1=O. The molecule has 158 valence electrons. The number of para-hydroxylation sites is 1. The maximum absolute atomic E-state index is 13.1. The van der Waals surface area contributed by atoms with Gasteiger partial charge >= 0.3 is 11.7 Å². The summed E-state index contributed by atoms with van der Waals surface area (Å²) in [4.78, 5) is 42.4. The van der Waals surface area contributed by atoms with Gasteiger partial charge in [-0.2, -0.15) is 0 Å². The molecule has 0 bridgehead atoms. The summed E-state index contributed by atoms with van der Waals surface area (Å²) < 4.78 is 8.93. The van der Waals surface area contributed by atoms with Crippen molar-refractivity contribution < 1.29 is 9.53 Å². The smallest absolute Gasteiger partial charge is 0.337 e. The molecule has 9 heteroatoms. The van der Waals surface area contributed by atoms with Crippen molar-refractivity contribution in [3.63, 3.8) is 0 Å². The zero-order chi connectivity index (χ0) is 22.1. The first kappa shape index (κ1) is 20.6. The molecule has 2 aromatic carbocycles. The van der Waals surface area contributed by atoms with Crippen LogP contribution in [0.15, 0.2) is 64.4 Å². The lowest BCUT2D eigenvalue weighted by Crippen LogP contribution is -2.39. The number of methoxy groups -OCH3 is 1. The maximum Gasteiger partial charge on any atom is 0.337 e. The van der Waals surface area contributed by atoms with Crippen LogP contribution in [-0.2, 0) is 17.8 Å². The lowest BCUT2D eigenvalue weighted by Gasteiger charge is -2.13. The van der Waals surface area contributed by atoms with E-state index in [1.165, 1.54) is 18.0 Å². The Labute approximate surface area is 181 Å². The Hall–Kier alpha value is -3.65. The van der Waals surface area contributed by atoms with Gasteiger partial charge in [0.1, 0.15) is 0 Å². The number of carbonyl (C=O) groups excluding carboxylic acids is 1. The highest BCUT2D eigenvalue weighted by molar-refractivity contribution is 6.32. The summed E-state index contributed by atoms with van der Waals surface area (Å²) in [6.07, 6.45) is 1.50. The summed E-state index contributed by atoms with van der Waals surface area (Å²) in [6.45, 7) is 2.20. The van der Waals surface area contributed by atoms with Crippen molar-refractivity contribution >= 4 is 28.7 Å². The largest absolute Gasteiger partial charge is 0.465 e. The van der Waals surface area contributed by atoms with Gasteiger partial charge in [-0.1, -0.05) is 35.9 Å². The highest BCUT2D eigenvalue weighted by Gasteiger charge is 2.20. The summed E-state index contributed by atoms with van der Waals surface area (Å²) in [5, 5.41) is 0.368. The number of benzene rings is 2. The van der Waals surface area contributed by atoms with Crippen LogP contribution in [-0.4, -0.2) is 31.8 Å². The molecule has 0 fully saturated rings. The third-order valence-corrected chi connectivity index (χ3v) is 5.33. The zero-order valence-corrected chi connectivity index (χ0v) is 17.7. The number of carbonyl (C=O) groups is 1. The molecule has 0 aliphatic heterocycles. The Bertz CT molecular complexity index is 1420. The molecule has 0 saturated carbocycles. The quantitative estimate of drug-likeness (QED) is 0.447. The number of nitrogens with zero attached hydrogens (tertiary/aromatic N) is 4. The van der Waals surface area contributed by atoms with Gasteiger partial charge in [0.15, 0.2) is 11.2 Å². The topological polar surface area (TPSA) is 88.1 Å². The Morgan fingerprint density at radius 2 is 1.90 bits per heavy atom. The third kappa shape index (κ3) is 3.55. The van der Waals surface area contributed by atoms with E-state index in [9.17, 15) is 14.4 Å². The first-order valence-corrected chi connectivity index (χ1v) is 9.97. The molecule has 4 aromatic rings. The Morgan fingerprint density at radius 1 is 1.13 bits per heavy atom. The normalized spacial score (nSPS) is 11.1. The average Bonchev–Trinajstić information content (AvgIpc) is 3.18. The summed E-state index contributed by atoms with van der Waals surface area (Å²) >= 11 is 6.34. The summed E-state index contributed by atoms with van der Waals surface area (Å²) in [6, 6.07) is 13.8. The van der Waals surface area contributed by atoms with Gasteiger partial charge in [0.05, 0.1) is 29.7 Å². The highest BCUT2D eigenvalue weighted by atomic mass is 35.5. The molecule has 2 heterocycles. The fourth-order valence-electron chi connectivity index (χ4n) is 3.54. The van der Waals surface area contributed by atoms with Crippen LogP contribution in [0.4, 0.5) is 0 Å². The second-order valence-corrected chi connectivity index (χ2v) is 7.26. The fraction of sp³-hybridized carbons (Fsp3) is 0.182. The van der Waals surface area contributed by atoms with Crippen molar-refractivity contribution in [3.8, 4) is 5.69 Å². The number of halogens is 1. The van der Waals surface area contributed by atoms with Crippen LogP contribution in [0.25, 0.3) is 16.9 Å². The molecule has 0 atom stereocenters. The maximum atomic E-state index is 13.1. The number of fused-ring (bicyclic) bond motifs is 1. The van der Waals surface area contributed by atoms with Gasteiger partial charge in [-0.05, 0) is 36.8 Å². The van der Waals surface area contributed by atoms with E-state index in [2.05, 4.69) is 4.98 Å². The van der Waals surface area contributed by atoms with Crippen molar-refractivity contribution in [1.29, 1.82) is 0 Å². The van der Waals surface area contributed by atoms with E-state index < -0.39 is 17.2 Å². The molecule has 8 nitrogen and oxygen atoms in total. The molecule has 0 aliphatic carbocycles. The molecule has 0 N–H and O–H groups in total. The van der Waals surface area contributed by atoms with E-state index >= 15 is 0 Å². The third-order valence-electron chi connectivity index (χ3n) is 5.01. The van der Waals surface area contributed by atoms with E-state index in [1.807, 2.05) is 6.07 Å². The zero-order valence-electron chi connectivity index (χ0n) is 16.9. The van der Waals surface area contributed by atoms with Crippen LogP contribution in [0.1, 0.15) is 22.8 Å². The number of imidazole rings is 1. The van der Waals surface area contributed by atoms with Crippen LogP contribution in [0.3, 0.4) is 0 Å². The second kappa shape index (κ2) is 8.23. The lowest BCUT2D eigenvalue weighted by molar-refractivity contribution is 0.0600. The van der Waals surface area contributed by atoms with E-state index in [4.69, 9.17) is 16.3 Å². The predicted molar refractivity (Wildman–Crippen MR) is 117 cm³/mol. The molecule has 0 radical (unpaired) electrons. The number of hydrogen-bond acceptors (Lipinski definition) is 5. The molecule has 31 heavy (non-hydrogen) atoms. The molecule has 0 aliphatic rings. The average molecular weight is 439 g/mol. The molecular weight excluding hydrogens is 420 g/mol. The molecule has 0 saturated heterocycles. The van der Waals surface area contributed by atoms with Gasteiger partial charge in [-0.15, -0.1) is 0 Å². The molecule has 2 aromatic heterocycles. The van der Waals surface area contributed by atoms with Crippen LogP contribution in [0, 0.1) is 0 Å². The summed E-state index contributed by atoms with van der Waals surface area (Å²) in [5.41, 5.74) is 1.17. The predicted octanol–water partition coefficient (Wildman–Crippen LogP) is 2.86. The van der Waals surface area contributed by atoms with E-state index in [1.54, 1.807) is 54.0 Å². The Kier molecular flexibility index (Phi) is 5.48. The Morgan fingerprint density at radius 3 is 2.61 bits per heavy atom. The first-order valence-electron chi connectivity index (χ1n) is 9.59. The summed E-state index contributed by atoms with van der Waals surface area (Å²) in [7, 11) is 1.32. The molecule has 0 unspecified atom stereocenters. The molecule has 4 rings (SSSR count). The molecular formula is C22H19ClN4O4. The second-order valence-electron chi connectivity index (χ2n) is 6.86. The van der Waals surface area contributed by atoms with Crippen molar-refractivity contribution in [1.82, 2.24) is 18.7 Å².